The van der Waals surface area contributed by atoms with Crippen LogP contribution in [-0.4, -0.2) is 0 Å². The van der Waals surface area contributed by atoms with E-state index in [4.69, 9.17) is 4.74 Å². The second kappa shape index (κ2) is 12.2. The van der Waals surface area contributed by atoms with Crippen molar-refractivity contribution in [1.29, 1.82) is 0 Å². The molecule has 0 aromatic heterocycles. The molecule has 2 saturated carbocycles. The first-order valence-corrected chi connectivity index (χ1v) is 14.4. The van der Waals surface area contributed by atoms with Crippen LogP contribution in [0, 0.1) is 29.4 Å². The molecule has 0 spiro atoms. The Kier molecular flexibility index (Phi) is 8.59. The van der Waals surface area contributed by atoms with Crippen LogP contribution in [0.1, 0.15) is 88.2 Å². The summed E-state index contributed by atoms with van der Waals surface area (Å²) < 4.78 is 35.0. The van der Waals surface area contributed by atoms with Crippen LogP contribution < -0.4 is 4.74 Å². The first-order valence-electron chi connectivity index (χ1n) is 14.4. The Labute approximate surface area is 221 Å². The highest BCUT2D eigenvalue weighted by Gasteiger charge is 2.35. The molecule has 1 nitrogen and oxygen atoms in total. The maximum atomic E-state index is 14.8. The Hall–Kier alpha value is -2.68. The monoisotopic (exact) mass is 502 g/mol. The molecule has 3 heteroatoms. The van der Waals surface area contributed by atoms with Gasteiger partial charge in [0.1, 0.15) is 6.61 Å². The zero-order chi connectivity index (χ0) is 25.6. The fourth-order valence-corrected chi connectivity index (χ4v) is 6.78. The van der Waals surface area contributed by atoms with E-state index in [0.717, 1.165) is 28.9 Å². The Balaban J connectivity index is 1.19. The van der Waals surface area contributed by atoms with E-state index in [9.17, 15) is 8.78 Å². The molecule has 3 aromatic rings. The minimum Gasteiger partial charge on any atom is -0.483 e. The van der Waals surface area contributed by atoms with Crippen LogP contribution in [-0.2, 0) is 6.61 Å². The van der Waals surface area contributed by atoms with E-state index in [1.807, 2.05) is 42.5 Å². The van der Waals surface area contributed by atoms with Crippen LogP contribution in [0.2, 0.25) is 0 Å². The summed E-state index contributed by atoms with van der Waals surface area (Å²) in [5.41, 5.74) is 3.61. The predicted molar refractivity (Wildman–Crippen MR) is 148 cm³/mol. The van der Waals surface area contributed by atoms with Gasteiger partial charge < -0.3 is 4.74 Å². The highest BCUT2D eigenvalue weighted by Crippen LogP contribution is 2.48. The van der Waals surface area contributed by atoms with E-state index in [-0.39, 0.29) is 12.4 Å². The minimum absolute atomic E-state index is 0.130. The largest absolute Gasteiger partial charge is 0.483 e. The summed E-state index contributed by atoms with van der Waals surface area (Å²) in [6, 6.07) is 20.5. The first kappa shape index (κ1) is 25.9. The van der Waals surface area contributed by atoms with Gasteiger partial charge in [-0.3, -0.25) is 0 Å². The van der Waals surface area contributed by atoms with Crippen molar-refractivity contribution in [3.05, 3.63) is 89.5 Å². The summed E-state index contributed by atoms with van der Waals surface area (Å²) in [5, 5.41) is 0. The molecule has 0 heterocycles. The van der Waals surface area contributed by atoms with Crippen LogP contribution >= 0.6 is 0 Å². The van der Waals surface area contributed by atoms with E-state index in [0.29, 0.717) is 11.5 Å². The lowest BCUT2D eigenvalue weighted by Crippen LogP contribution is -2.30. The van der Waals surface area contributed by atoms with Gasteiger partial charge in [-0.1, -0.05) is 93.6 Å². The lowest BCUT2D eigenvalue weighted by Gasteiger charge is -2.42. The molecule has 5 rings (SSSR count). The number of rotatable bonds is 9. The SMILES string of the molecule is CCCCCC1CC[C@@H]2C[C@H](c3ccc(-c4cc(F)c(OCc5ccccc5)c(F)c4)cc3)CC[C@@H]2C1. The van der Waals surface area contributed by atoms with Crippen molar-refractivity contribution in [1.82, 2.24) is 0 Å². The average molecular weight is 503 g/mol. The Bertz CT molecular complexity index is 1120. The summed E-state index contributed by atoms with van der Waals surface area (Å²) in [7, 11) is 0. The van der Waals surface area contributed by atoms with Gasteiger partial charge in [-0.05, 0) is 90.2 Å². The molecule has 0 bridgehead atoms. The molecule has 2 aliphatic carbocycles. The van der Waals surface area contributed by atoms with Crippen LogP contribution in [0.5, 0.6) is 5.75 Å². The predicted octanol–water partition coefficient (Wildman–Crippen LogP) is 10.1. The molecule has 196 valence electrons. The Morgan fingerprint density at radius 3 is 2.19 bits per heavy atom. The third-order valence-electron chi connectivity index (χ3n) is 8.88. The fourth-order valence-electron chi connectivity index (χ4n) is 6.78. The maximum Gasteiger partial charge on any atom is 0.191 e. The molecule has 2 fully saturated rings. The molecule has 2 aliphatic rings. The van der Waals surface area contributed by atoms with Gasteiger partial charge in [0, 0.05) is 0 Å². The zero-order valence-electron chi connectivity index (χ0n) is 22.1. The zero-order valence-corrected chi connectivity index (χ0v) is 22.1. The molecule has 3 aromatic carbocycles. The highest BCUT2D eigenvalue weighted by molar-refractivity contribution is 5.65. The van der Waals surface area contributed by atoms with Crippen molar-refractivity contribution in [2.75, 3.05) is 0 Å². The second-order valence-corrected chi connectivity index (χ2v) is 11.4. The molecule has 0 saturated heterocycles. The molecular formula is C34H40F2O. The van der Waals surface area contributed by atoms with Gasteiger partial charge >= 0.3 is 0 Å². The topological polar surface area (TPSA) is 9.23 Å². The standard InChI is InChI=1S/C34H40F2O/c1-2-3-5-8-24-11-12-30-20-29(18-17-28(30)19-24)26-13-15-27(16-14-26)31-21-32(35)34(33(36)22-31)37-23-25-9-6-4-7-10-25/h4,6-7,9-10,13-16,21-22,24,28-30H,2-3,5,8,11-12,17-20,23H2,1H3/t24?,28-,29-,30-/m1/s1. The molecule has 1 unspecified atom stereocenters. The molecule has 0 aliphatic heterocycles. The van der Waals surface area contributed by atoms with E-state index < -0.39 is 11.6 Å². The summed E-state index contributed by atoms with van der Waals surface area (Å²) in [5.74, 6) is 1.70. The number of benzene rings is 3. The molecule has 0 amide bonds. The van der Waals surface area contributed by atoms with Gasteiger partial charge in [0.2, 0.25) is 0 Å². The lowest BCUT2D eigenvalue weighted by atomic mass is 9.63. The van der Waals surface area contributed by atoms with Gasteiger partial charge in [-0.15, -0.1) is 0 Å². The number of halogens is 2. The quantitative estimate of drug-likeness (QED) is 0.265. The summed E-state index contributed by atoms with van der Waals surface area (Å²) >= 11 is 0. The highest BCUT2D eigenvalue weighted by atomic mass is 19.1. The van der Waals surface area contributed by atoms with Crippen molar-refractivity contribution < 1.29 is 13.5 Å². The van der Waals surface area contributed by atoms with Crippen LogP contribution in [0.4, 0.5) is 8.78 Å². The normalized spacial score (nSPS) is 23.4. The van der Waals surface area contributed by atoms with E-state index in [1.54, 1.807) is 0 Å². The van der Waals surface area contributed by atoms with Crippen molar-refractivity contribution in [3.8, 4) is 16.9 Å². The fraction of sp³-hybridized carbons (Fsp3) is 0.471. The third-order valence-corrected chi connectivity index (χ3v) is 8.88. The molecule has 0 radical (unpaired) electrons. The number of hydrogen-bond acceptors (Lipinski definition) is 1. The third kappa shape index (κ3) is 6.43. The molecule has 0 N–H and O–H groups in total. The van der Waals surface area contributed by atoms with Crippen LogP contribution in [0.15, 0.2) is 66.7 Å². The number of fused-ring (bicyclic) bond motifs is 1. The van der Waals surface area contributed by atoms with Gasteiger partial charge in [0.05, 0.1) is 0 Å². The average Bonchev–Trinajstić information content (AvgIpc) is 2.93. The minimum atomic E-state index is -0.668. The Morgan fingerprint density at radius 2 is 1.46 bits per heavy atom. The first-order chi connectivity index (χ1) is 18.1. The van der Waals surface area contributed by atoms with Crippen molar-refractivity contribution >= 4 is 0 Å². The van der Waals surface area contributed by atoms with Gasteiger partial charge in [-0.2, -0.15) is 0 Å². The van der Waals surface area contributed by atoms with E-state index in [1.165, 1.54) is 81.9 Å². The summed E-state index contributed by atoms with van der Waals surface area (Å²) in [6.07, 6.45) is 13.7. The van der Waals surface area contributed by atoms with Crippen molar-refractivity contribution in [3.63, 3.8) is 0 Å². The van der Waals surface area contributed by atoms with Crippen molar-refractivity contribution in [2.45, 2.75) is 83.7 Å². The summed E-state index contributed by atoms with van der Waals surface area (Å²) in [4.78, 5) is 0. The number of hydrogen-bond donors (Lipinski definition) is 0. The number of ether oxygens (including phenoxy) is 1. The summed E-state index contributed by atoms with van der Waals surface area (Å²) in [6.45, 7) is 2.42. The van der Waals surface area contributed by atoms with E-state index >= 15 is 0 Å². The second-order valence-electron chi connectivity index (χ2n) is 11.4. The van der Waals surface area contributed by atoms with Gasteiger partial charge in [-0.25, -0.2) is 8.78 Å². The number of unbranched alkanes of at least 4 members (excludes halogenated alkanes) is 2. The smallest absolute Gasteiger partial charge is 0.191 e. The van der Waals surface area contributed by atoms with Gasteiger partial charge in [0.15, 0.2) is 17.4 Å². The molecule has 37 heavy (non-hydrogen) atoms. The van der Waals surface area contributed by atoms with Gasteiger partial charge in [0.25, 0.3) is 0 Å². The van der Waals surface area contributed by atoms with Crippen LogP contribution in [0.3, 0.4) is 0 Å². The maximum absolute atomic E-state index is 14.8. The lowest BCUT2D eigenvalue weighted by molar-refractivity contribution is 0.113. The molecular weight excluding hydrogens is 462 g/mol. The van der Waals surface area contributed by atoms with Crippen LogP contribution in [0.25, 0.3) is 11.1 Å². The Morgan fingerprint density at radius 1 is 0.757 bits per heavy atom. The van der Waals surface area contributed by atoms with Crippen molar-refractivity contribution in [2.24, 2.45) is 17.8 Å². The van der Waals surface area contributed by atoms with E-state index in [2.05, 4.69) is 19.1 Å². The molecule has 4 atom stereocenters.